The van der Waals surface area contributed by atoms with Gasteiger partial charge in [0, 0.05) is 0 Å². The lowest BCUT2D eigenvalue weighted by molar-refractivity contribution is -0.125. The molecule has 0 aliphatic heterocycles. The molecule has 0 unspecified atom stereocenters. The quantitative estimate of drug-likeness (QED) is 0.623. The number of methoxy groups -OCH3 is 1. The van der Waals surface area contributed by atoms with E-state index in [1.165, 1.54) is 19.4 Å². The number of ether oxygens (including phenoxy) is 3. The van der Waals surface area contributed by atoms with Gasteiger partial charge in [0.15, 0.2) is 18.1 Å². The van der Waals surface area contributed by atoms with Crippen molar-refractivity contribution in [3.63, 3.8) is 0 Å². The fourth-order valence-electron chi connectivity index (χ4n) is 2.42. The zero-order valence-corrected chi connectivity index (χ0v) is 16.7. The Labute approximate surface area is 165 Å². The van der Waals surface area contributed by atoms with Crippen molar-refractivity contribution in [2.45, 2.75) is 33.2 Å². The summed E-state index contributed by atoms with van der Waals surface area (Å²) in [5.74, 6) is 1.11. The summed E-state index contributed by atoms with van der Waals surface area (Å²) in [6.45, 7) is 6.18. The molecular formula is C21H27NO6. The molecule has 7 heteroatoms. The fraction of sp³-hybridized carbons (Fsp3) is 0.429. The molecule has 0 radical (unpaired) electrons. The molecule has 0 saturated carbocycles. The Morgan fingerprint density at radius 2 is 1.93 bits per heavy atom. The zero-order valence-electron chi connectivity index (χ0n) is 16.7. The molecule has 7 nitrogen and oxygen atoms in total. The second-order valence-corrected chi connectivity index (χ2v) is 6.78. The van der Waals surface area contributed by atoms with Crippen molar-refractivity contribution in [1.29, 1.82) is 0 Å². The van der Waals surface area contributed by atoms with E-state index in [0.29, 0.717) is 29.8 Å². The smallest absolute Gasteiger partial charge is 0.338 e. The standard InChI is InChI=1S/C21H27NO6/c1-14(2)9-11-27-18-8-7-16(12-19(18)25-4)21(24)28-13-20(23)22-15(3)17-6-5-10-26-17/h5-8,10,12,14-15H,9,11,13H2,1-4H3,(H,22,23)/t15-/m1/s1. The SMILES string of the molecule is COc1cc(C(=O)OCC(=O)N[C@H](C)c2ccco2)ccc1OCCC(C)C. The van der Waals surface area contributed by atoms with Gasteiger partial charge in [0.2, 0.25) is 0 Å². The van der Waals surface area contributed by atoms with Crippen molar-refractivity contribution < 1.29 is 28.2 Å². The van der Waals surface area contributed by atoms with Crippen LogP contribution in [0, 0.1) is 5.92 Å². The molecule has 2 rings (SSSR count). The van der Waals surface area contributed by atoms with Gasteiger partial charge in [-0.2, -0.15) is 0 Å². The van der Waals surface area contributed by atoms with Gasteiger partial charge in [-0.25, -0.2) is 4.79 Å². The summed E-state index contributed by atoms with van der Waals surface area (Å²) in [7, 11) is 1.50. The maximum Gasteiger partial charge on any atom is 0.338 e. The summed E-state index contributed by atoms with van der Waals surface area (Å²) in [5, 5.41) is 2.70. The number of carbonyl (C=O) groups is 2. The van der Waals surface area contributed by atoms with Crippen LogP contribution in [0.4, 0.5) is 0 Å². The second kappa shape index (κ2) is 10.4. The molecule has 152 valence electrons. The summed E-state index contributed by atoms with van der Waals surface area (Å²) in [5.41, 5.74) is 0.278. The molecule has 0 fully saturated rings. The highest BCUT2D eigenvalue weighted by atomic mass is 16.5. The molecule has 0 bridgehead atoms. The molecule has 1 amide bonds. The molecule has 0 spiro atoms. The predicted octanol–water partition coefficient (Wildman–Crippen LogP) is 3.75. The summed E-state index contributed by atoms with van der Waals surface area (Å²) in [6, 6.07) is 7.96. The normalized spacial score (nSPS) is 11.8. The van der Waals surface area contributed by atoms with E-state index in [1.54, 1.807) is 31.2 Å². The molecule has 2 aromatic rings. The first-order valence-corrected chi connectivity index (χ1v) is 9.21. The van der Waals surface area contributed by atoms with E-state index in [-0.39, 0.29) is 11.6 Å². The lowest BCUT2D eigenvalue weighted by Crippen LogP contribution is -2.31. The van der Waals surface area contributed by atoms with E-state index < -0.39 is 18.5 Å². The van der Waals surface area contributed by atoms with E-state index in [9.17, 15) is 9.59 Å². The third-order valence-electron chi connectivity index (χ3n) is 4.03. The minimum atomic E-state index is -0.618. The van der Waals surface area contributed by atoms with Crippen LogP contribution < -0.4 is 14.8 Å². The van der Waals surface area contributed by atoms with Crippen molar-refractivity contribution in [2.24, 2.45) is 5.92 Å². The van der Waals surface area contributed by atoms with Crippen LogP contribution in [0.1, 0.15) is 49.4 Å². The Morgan fingerprint density at radius 3 is 2.57 bits per heavy atom. The van der Waals surface area contributed by atoms with Crippen LogP contribution in [0.15, 0.2) is 41.0 Å². The molecule has 1 aromatic heterocycles. The molecule has 0 aliphatic carbocycles. The van der Waals surface area contributed by atoms with Gasteiger partial charge < -0.3 is 23.9 Å². The number of esters is 1. The van der Waals surface area contributed by atoms with Gasteiger partial charge in [-0.1, -0.05) is 13.8 Å². The summed E-state index contributed by atoms with van der Waals surface area (Å²) in [4.78, 5) is 24.2. The van der Waals surface area contributed by atoms with Crippen LogP contribution in [0.2, 0.25) is 0 Å². The number of benzene rings is 1. The first kappa shape index (κ1) is 21.3. The lowest BCUT2D eigenvalue weighted by Gasteiger charge is -2.13. The van der Waals surface area contributed by atoms with Crippen LogP contribution in [-0.2, 0) is 9.53 Å². The van der Waals surface area contributed by atoms with Crippen LogP contribution >= 0.6 is 0 Å². The van der Waals surface area contributed by atoms with Crippen molar-refractivity contribution in [3.05, 3.63) is 47.9 Å². The zero-order chi connectivity index (χ0) is 20.5. The highest BCUT2D eigenvalue weighted by molar-refractivity contribution is 5.92. The highest BCUT2D eigenvalue weighted by Gasteiger charge is 2.16. The van der Waals surface area contributed by atoms with Crippen LogP contribution in [0.5, 0.6) is 11.5 Å². The van der Waals surface area contributed by atoms with Crippen molar-refractivity contribution in [3.8, 4) is 11.5 Å². The van der Waals surface area contributed by atoms with Gasteiger partial charge in [-0.05, 0) is 49.6 Å². The maximum atomic E-state index is 12.2. The first-order chi connectivity index (χ1) is 13.4. The van der Waals surface area contributed by atoms with Crippen molar-refractivity contribution in [1.82, 2.24) is 5.32 Å². The predicted molar refractivity (Wildman–Crippen MR) is 103 cm³/mol. The topological polar surface area (TPSA) is 87.0 Å². The van der Waals surface area contributed by atoms with Crippen LogP contribution in [-0.4, -0.2) is 32.2 Å². The fourth-order valence-corrected chi connectivity index (χ4v) is 2.42. The molecule has 0 aliphatic rings. The first-order valence-electron chi connectivity index (χ1n) is 9.21. The number of hydrogen-bond acceptors (Lipinski definition) is 6. The number of amides is 1. The number of hydrogen-bond donors (Lipinski definition) is 1. The van der Waals surface area contributed by atoms with Gasteiger partial charge in [0.25, 0.3) is 5.91 Å². The number of nitrogens with one attached hydrogen (secondary N) is 1. The van der Waals surface area contributed by atoms with E-state index in [4.69, 9.17) is 18.6 Å². The molecule has 1 heterocycles. The molecule has 1 atom stereocenters. The third kappa shape index (κ3) is 6.33. The number of furan rings is 1. The van der Waals surface area contributed by atoms with Crippen LogP contribution in [0.3, 0.4) is 0 Å². The van der Waals surface area contributed by atoms with Gasteiger partial charge in [-0.3, -0.25) is 4.79 Å². The molecule has 1 aromatic carbocycles. The van der Waals surface area contributed by atoms with Gasteiger partial charge >= 0.3 is 5.97 Å². The van der Waals surface area contributed by atoms with E-state index in [1.807, 2.05) is 0 Å². The average Bonchev–Trinajstić information content (AvgIpc) is 3.21. The summed E-state index contributed by atoms with van der Waals surface area (Å²) in [6.07, 6.45) is 2.44. The Kier molecular flexibility index (Phi) is 7.92. The van der Waals surface area contributed by atoms with E-state index >= 15 is 0 Å². The second-order valence-electron chi connectivity index (χ2n) is 6.78. The number of carbonyl (C=O) groups excluding carboxylic acids is 2. The van der Waals surface area contributed by atoms with Crippen molar-refractivity contribution >= 4 is 11.9 Å². The monoisotopic (exact) mass is 389 g/mol. The molecule has 28 heavy (non-hydrogen) atoms. The maximum absolute atomic E-state index is 12.2. The summed E-state index contributed by atoms with van der Waals surface area (Å²) >= 11 is 0. The molecule has 1 N–H and O–H groups in total. The summed E-state index contributed by atoms with van der Waals surface area (Å²) < 4.78 is 21.3. The van der Waals surface area contributed by atoms with Crippen molar-refractivity contribution in [2.75, 3.05) is 20.3 Å². The third-order valence-corrected chi connectivity index (χ3v) is 4.03. The Bertz CT molecular complexity index is 769. The lowest BCUT2D eigenvalue weighted by atomic mass is 10.1. The minimum Gasteiger partial charge on any atom is -0.493 e. The molecular weight excluding hydrogens is 362 g/mol. The van der Waals surface area contributed by atoms with Crippen LogP contribution in [0.25, 0.3) is 0 Å². The average molecular weight is 389 g/mol. The Morgan fingerprint density at radius 1 is 1.14 bits per heavy atom. The molecule has 0 saturated heterocycles. The van der Waals surface area contributed by atoms with Gasteiger partial charge in [0.05, 0.1) is 31.6 Å². The number of rotatable bonds is 10. The van der Waals surface area contributed by atoms with E-state index in [2.05, 4.69) is 19.2 Å². The highest BCUT2D eigenvalue weighted by Crippen LogP contribution is 2.28. The minimum absolute atomic E-state index is 0.278. The largest absolute Gasteiger partial charge is 0.493 e. The van der Waals surface area contributed by atoms with Gasteiger partial charge in [-0.15, -0.1) is 0 Å². The Balaban J connectivity index is 1.88. The Hall–Kier alpha value is -2.96. The van der Waals surface area contributed by atoms with Gasteiger partial charge in [0.1, 0.15) is 5.76 Å². The van der Waals surface area contributed by atoms with E-state index in [0.717, 1.165) is 6.42 Å².